The summed E-state index contributed by atoms with van der Waals surface area (Å²) in [7, 11) is 0. The molecule has 1 atom stereocenters. The summed E-state index contributed by atoms with van der Waals surface area (Å²) >= 11 is 0. The van der Waals surface area contributed by atoms with Gasteiger partial charge in [0.1, 0.15) is 0 Å². The van der Waals surface area contributed by atoms with E-state index in [0.717, 1.165) is 37.7 Å². The third-order valence-electron chi connectivity index (χ3n) is 3.52. The fraction of sp³-hybridized carbons (Fsp3) is 0.500. The summed E-state index contributed by atoms with van der Waals surface area (Å²) in [6.45, 7) is 4.08. The summed E-state index contributed by atoms with van der Waals surface area (Å²) in [5.41, 5.74) is 1.22. The topological polar surface area (TPSA) is 57.5 Å². The van der Waals surface area contributed by atoms with Gasteiger partial charge in [-0.3, -0.25) is 4.90 Å². The molecule has 0 spiro atoms. The molecule has 2 heterocycles. The maximum atomic E-state index is 8.76. The molecule has 3 rings (SSSR count). The van der Waals surface area contributed by atoms with Crippen molar-refractivity contribution in [2.45, 2.75) is 19.0 Å². The van der Waals surface area contributed by atoms with Gasteiger partial charge < -0.3 is 14.8 Å². The van der Waals surface area contributed by atoms with Crippen molar-refractivity contribution in [3.8, 4) is 17.6 Å². The van der Waals surface area contributed by atoms with Gasteiger partial charge >= 0.3 is 0 Å². The van der Waals surface area contributed by atoms with Gasteiger partial charge in [0.25, 0.3) is 0 Å². The Morgan fingerprint density at radius 1 is 1.37 bits per heavy atom. The third kappa shape index (κ3) is 2.80. The minimum absolute atomic E-state index is 0.285. The molecule has 1 aromatic rings. The summed E-state index contributed by atoms with van der Waals surface area (Å²) in [5, 5.41) is 12.1. The molecule has 2 aliphatic rings. The van der Waals surface area contributed by atoms with Crippen molar-refractivity contribution >= 4 is 0 Å². The Balaban J connectivity index is 1.63. The van der Waals surface area contributed by atoms with Crippen LogP contribution in [0.25, 0.3) is 0 Å². The van der Waals surface area contributed by atoms with Crippen molar-refractivity contribution in [1.82, 2.24) is 10.2 Å². The molecule has 1 fully saturated rings. The first-order chi connectivity index (χ1) is 9.35. The first-order valence-electron chi connectivity index (χ1n) is 6.56. The molecular formula is C14H17N3O2. The number of benzene rings is 1. The largest absolute Gasteiger partial charge is 0.454 e. The van der Waals surface area contributed by atoms with Crippen LogP contribution in [0.3, 0.4) is 0 Å². The normalized spacial score (nSPS) is 22.2. The minimum Gasteiger partial charge on any atom is -0.454 e. The Bertz CT molecular complexity index is 498. The zero-order chi connectivity index (χ0) is 13.1. The van der Waals surface area contributed by atoms with E-state index in [1.54, 1.807) is 0 Å². The molecule has 0 saturated carbocycles. The number of nitriles is 1. The van der Waals surface area contributed by atoms with Crippen LogP contribution in [0.2, 0.25) is 0 Å². The van der Waals surface area contributed by atoms with Crippen LogP contribution in [0.1, 0.15) is 12.0 Å². The third-order valence-corrected chi connectivity index (χ3v) is 3.52. The highest BCUT2D eigenvalue weighted by Crippen LogP contribution is 2.32. The quantitative estimate of drug-likeness (QED) is 0.881. The second-order valence-corrected chi connectivity index (χ2v) is 4.94. The van der Waals surface area contributed by atoms with E-state index in [4.69, 9.17) is 14.7 Å². The summed E-state index contributed by atoms with van der Waals surface area (Å²) in [5.74, 6) is 1.66. The molecule has 5 nitrogen and oxygen atoms in total. The number of hydrogen-bond donors (Lipinski definition) is 1. The zero-order valence-corrected chi connectivity index (χ0v) is 10.8. The highest BCUT2D eigenvalue weighted by molar-refractivity contribution is 5.44. The Hall–Kier alpha value is -1.77. The van der Waals surface area contributed by atoms with E-state index in [1.165, 1.54) is 5.56 Å². The Kier molecular flexibility index (Phi) is 3.53. The zero-order valence-electron chi connectivity index (χ0n) is 10.8. The van der Waals surface area contributed by atoms with Crippen molar-refractivity contribution in [1.29, 1.82) is 5.26 Å². The number of hydrogen-bond acceptors (Lipinski definition) is 5. The molecule has 0 radical (unpaired) electrons. The van der Waals surface area contributed by atoms with Gasteiger partial charge in [-0.2, -0.15) is 5.26 Å². The molecule has 5 heteroatoms. The van der Waals surface area contributed by atoms with Crippen LogP contribution < -0.4 is 14.8 Å². The van der Waals surface area contributed by atoms with Crippen LogP contribution in [-0.2, 0) is 6.54 Å². The number of nitrogens with one attached hydrogen (secondary N) is 1. The van der Waals surface area contributed by atoms with Crippen molar-refractivity contribution in [3.63, 3.8) is 0 Å². The second kappa shape index (κ2) is 5.47. The summed E-state index contributed by atoms with van der Waals surface area (Å²) in [4.78, 5) is 2.37. The van der Waals surface area contributed by atoms with Gasteiger partial charge in [0.05, 0.1) is 12.5 Å². The predicted octanol–water partition coefficient (Wildman–Crippen LogP) is 1.10. The fourth-order valence-corrected chi connectivity index (χ4v) is 2.58. The average molecular weight is 259 g/mol. The highest BCUT2D eigenvalue weighted by atomic mass is 16.7. The molecular weight excluding hydrogens is 242 g/mol. The first-order valence-corrected chi connectivity index (χ1v) is 6.56. The molecule has 0 bridgehead atoms. The average Bonchev–Trinajstić information content (AvgIpc) is 2.87. The van der Waals surface area contributed by atoms with E-state index in [-0.39, 0.29) is 6.04 Å². The number of fused-ring (bicyclic) bond motifs is 1. The van der Waals surface area contributed by atoms with Gasteiger partial charge in [-0.25, -0.2) is 0 Å². The summed E-state index contributed by atoms with van der Waals surface area (Å²) in [6.07, 6.45) is 0.567. The minimum atomic E-state index is 0.285. The molecule has 1 saturated heterocycles. The van der Waals surface area contributed by atoms with Crippen LogP contribution in [0.15, 0.2) is 18.2 Å². The van der Waals surface area contributed by atoms with Crippen LogP contribution in [0, 0.1) is 11.3 Å². The first kappa shape index (κ1) is 12.3. The van der Waals surface area contributed by atoms with Gasteiger partial charge in [0.15, 0.2) is 11.5 Å². The van der Waals surface area contributed by atoms with E-state index < -0.39 is 0 Å². The number of piperazine rings is 1. The summed E-state index contributed by atoms with van der Waals surface area (Å²) < 4.78 is 10.7. The Labute approximate surface area is 112 Å². The molecule has 100 valence electrons. The molecule has 1 unspecified atom stereocenters. The molecule has 1 N–H and O–H groups in total. The van der Waals surface area contributed by atoms with Gasteiger partial charge in [0, 0.05) is 32.2 Å². The second-order valence-electron chi connectivity index (χ2n) is 4.94. The smallest absolute Gasteiger partial charge is 0.231 e. The highest BCUT2D eigenvalue weighted by Gasteiger charge is 2.20. The predicted molar refractivity (Wildman–Crippen MR) is 69.9 cm³/mol. The number of rotatable bonds is 3. The van der Waals surface area contributed by atoms with Gasteiger partial charge in [-0.1, -0.05) is 6.07 Å². The molecule has 19 heavy (non-hydrogen) atoms. The van der Waals surface area contributed by atoms with E-state index >= 15 is 0 Å². The molecule has 0 aromatic heterocycles. The monoisotopic (exact) mass is 259 g/mol. The van der Waals surface area contributed by atoms with Crippen LogP contribution in [-0.4, -0.2) is 37.4 Å². The van der Waals surface area contributed by atoms with Crippen molar-refractivity contribution in [2.24, 2.45) is 0 Å². The van der Waals surface area contributed by atoms with E-state index in [0.29, 0.717) is 13.2 Å². The van der Waals surface area contributed by atoms with Gasteiger partial charge in [0.2, 0.25) is 6.79 Å². The SMILES string of the molecule is N#CCC1CN(Cc2ccc3c(c2)OCO3)CCN1. The van der Waals surface area contributed by atoms with E-state index in [2.05, 4.69) is 22.4 Å². The number of nitrogens with zero attached hydrogens (tertiary/aromatic N) is 2. The lowest BCUT2D eigenvalue weighted by Crippen LogP contribution is -2.49. The standard InChI is InChI=1S/C14H17N3O2/c15-4-3-12-9-17(6-5-16-12)8-11-1-2-13-14(7-11)19-10-18-13/h1-2,7,12,16H,3,5-6,8-10H2. The van der Waals surface area contributed by atoms with Crippen LogP contribution in [0.4, 0.5) is 0 Å². The maximum absolute atomic E-state index is 8.76. The fourth-order valence-electron chi connectivity index (χ4n) is 2.58. The molecule has 0 aliphatic carbocycles. The van der Waals surface area contributed by atoms with Crippen LogP contribution >= 0.6 is 0 Å². The summed E-state index contributed by atoms with van der Waals surface area (Å²) in [6, 6.07) is 8.60. The lowest BCUT2D eigenvalue weighted by Gasteiger charge is -2.32. The van der Waals surface area contributed by atoms with Crippen molar-refractivity contribution < 1.29 is 9.47 Å². The lowest BCUT2D eigenvalue weighted by molar-refractivity contribution is 0.173. The van der Waals surface area contributed by atoms with Gasteiger partial charge in [-0.15, -0.1) is 0 Å². The maximum Gasteiger partial charge on any atom is 0.231 e. The molecule has 0 amide bonds. The van der Waals surface area contributed by atoms with E-state index in [9.17, 15) is 0 Å². The lowest BCUT2D eigenvalue weighted by atomic mass is 10.1. The Morgan fingerprint density at radius 3 is 3.16 bits per heavy atom. The molecule has 1 aromatic carbocycles. The van der Waals surface area contributed by atoms with Crippen molar-refractivity contribution in [2.75, 3.05) is 26.4 Å². The molecule has 2 aliphatic heterocycles. The Morgan fingerprint density at radius 2 is 2.26 bits per heavy atom. The number of ether oxygens (including phenoxy) is 2. The van der Waals surface area contributed by atoms with Crippen LogP contribution in [0.5, 0.6) is 11.5 Å². The van der Waals surface area contributed by atoms with E-state index in [1.807, 2.05) is 12.1 Å². The van der Waals surface area contributed by atoms with Crippen molar-refractivity contribution in [3.05, 3.63) is 23.8 Å². The van der Waals surface area contributed by atoms with Gasteiger partial charge in [-0.05, 0) is 17.7 Å².